The van der Waals surface area contributed by atoms with Crippen molar-refractivity contribution in [2.45, 2.75) is 18.9 Å². The predicted molar refractivity (Wildman–Crippen MR) is 108 cm³/mol. The molecule has 2 N–H and O–H groups in total. The molecule has 1 fully saturated rings. The van der Waals surface area contributed by atoms with Crippen LogP contribution >= 0.6 is 0 Å². The molecule has 0 saturated carbocycles. The summed E-state index contributed by atoms with van der Waals surface area (Å²) in [6.45, 7) is 1.35. The quantitative estimate of drug-likeness (QED) is 0.777. The molecule has 0 bridgehead atoms. The zero-order valence-electron chi connectivity index (χ0n) is 15.4. The Morgan fingerprint density at radius 2 is 1.85 bits per heavy atom. The van der Waals surface area contributed by atoms with Gasteiger partial charge in [0.05, 0.1) is 5.69 Å². The summed E-state index contributed by atoms with van der Waals surface area (Å²) in [6, 6.07) is 16.6. The van der Waals surface area contributed by atoms with Gasteiger partial charge in [-0.1, -0.05) is 36.4 Å². The van der Waals surface area contributed by atoms with Gasteiger partial charge >= 0.3 is 6.03 Å². The van der Waals surface area contributed by atoms with E-state index in [4.69, 9.17) is 10.7 Å². The van der Waals surface area contributed by atoms with Crippen molar-refractivity contribution in [2.75, 3.05) is 25.0 Å². The monoisotopic (exact) mass is 361 g/mol. The summed E-state index contributed by atoms with van der Waals surface area (Å²) in [5.41, 5.74) is 7.36. The Balaban J connectivity index is 1.55. The average molecular weight is 361 g/mol. The summed E-state index contributed by atoms with van der Waals surface area (Å²) < 4.78 is 0. The normalized spacial score (nSPS) is 15.1. The molecule has 138 valence electrons. The number of nitrogens with two attached hydrogens (primary N) is 1. The first kappa shape index (κ1) is 17.3. The van der Waals surface area contributed by atoms with Crippen molar-refractivity contribution >= 4 is 22.8 Å². The maximum atomic E-state index is 11.3. The van der Waals surface area contributed by atoms with E-state index >= 15 is 0 Å². The van der Waals surface area contributed by atoms with Crippen LogP contribution in [0.5, 0.6) is 0 Å². The first-order valence-corrected chi connectivity index (χ1v) is 9.21. The zero-order valence-corrected chi connectivity index (χ0v) is 15.4. The lowest BCUT2D eigenvalue weighted by atomic mass is 10.0. The molecular weight excluding hydrogens is 338 g/mol. The molecule has 1 saturated heterocycles. The van der Waals surface area contributed by atoms with Crippen molar-refractivity contribution in [1.29, 1.82) is 0 Å². The molecule has 1 aliphatic heterocycles. The largest absolute Gasteiger partial charge is 0.351 e. The number of piperidine rings is 1. The number of amides is 2. The van der Waals surface area contributed by atoms with Crippen molar-refractivity contribution in [3.8, 4) is 11.3 Å². The number of urea groups is 1. The van der Waals surface area contributed by atoms with Crippen LogP contribution in [0.25, 0.3) is 22.0 Å². The first-order chi connectivity index (χ1) is 13.1. The summed E-state index contributed by atoms with van der Waals surface area (Å²) in [5.74, 6) is 0.707. The van der Waals surface area contributed by atoms with Crippen LogP contribution in [0.4, 0.5) is 10.7 Å². The number of aromatic nitrogens is 2. The first-order valence-electron chi connectivity index (χ1n) is 9.21. The smallest absolute Gasteiger partial charge is 0.314 e. The van der Waals surface area contributed by atoms with Gasteiger partial charge in [0.2, 0.25) is 5.95 Å². The minimum atomic E-state index is -0.342. The van der Waals surface area contributed by atoms with Crippen molar-refractivity contribution < 1.29 is 4.79 Å². The zero-order chi connectivity index (χ0) is 18.8. The number of likely N-dealkylation sites (tertiary alicyclic amines) is 1. The van der Waals surface area contributed by atoms with E-state index in [0.29, 0.717) is 25.1 Å². The van der Waals surface area contributed by atoms with Gasteiger partial charge in [-0.05, 0) is 35.7 Å². The molecule has 2 aromatic carbocycles. The lowest BCUT2D eigenvalue weighted by Gasteiger charge is -2.36. The summed E-state index contributed by atoms with van der Waals surface area (Å²) in [6.07, 6.45) is 3.54. The van der Waals surface area contributed by atoms with Gasteiger partial charge in [0.1, 0.15) is 0 Å². The highest BCUT2D eigenvalue weighted by Crippen LogP contribution is 2.25. The van der Waals surface area contributed by atoms with Crippen molar-refractivity contribution in [2.24, 2.45) is 5.73 Å². The number of anilines is 1. The highest BCUT2D eigenvalue weighted by atomic mass is 16.2. The summed E-state index contributed by atoms with van der Waals surface area (Å²) >= 11 is 0. The Morgan fingerprint density at radius 1 is 1.11 bits per heavy atom. The van der Waals surface area contributed by atoms with Crippen molar-refractivity contribution in [3.05, 3.63) is 54.7 Å². The molecule has 0 atom stereocenters. The Labute approximate surface area is 158 Å². The predicted octanol–water partition coefficient (Wildman–Crippen LogP) is 3.28. The van der Waals surface area contributed by atoms with Crippen molar-refractivity contribution in [1.82, 2.24) is 14.9 Å². The minimum absolute atomic E-state index is 0.299. The van der Waals surface area contributed by atoms with Gasteiger partial charge in [-0.2, -0.15) is 0 Å². The van der Waals surface area contributed by atoms with Crippen LogP contribution in [0, 0.1) is 0 Å². The number of fused-ring (bicyclic) bond motifs is 1. The Bertz CT molecular complexity index is 965. The Morgan fingerprint density at radius 3 is 2.59 bits per heavy atom. The lowest BCUT2D eigenvalue weighted by Crippen LogP contribution is -2.47. The molecule has 0 aliphatic carbocycles. The van der Waals surface area contributed by atoms with E-state index in [1.165, 1.54) is 10.8 Å². The molecule has 0 unspecified atom stereocenters. The maximum Gasteiger partial charge on any atom is 0.314 e. The van der Waals surface area contributed by atoms with Gasteiger partial charge in [-0.3, -0.25) is 0 Å². The Kier molecular flexibility index (Phi) is 4.62. The SMILES string of the molecule is CN(c1nccc(-c2ccc3ccccc3c2)n1)C1CCN(C(N)=O)CC1. The van der Waals surface area contributed by atoms with Gasteiger partial charge in [-0.15, -0.1) is 0 Å². The molecule has 6 heteroatoms. The standard InChI is InChI=1S/C21H23N5O/c1-25(18-9-12-26(13-10-18)20(22)27)21-23-11-8-19(24-21)17-7-6-15-4-2-3-5-16(15)14-17/h2-8,11,14,18H,9-10,12-13H2,1H3,(H2,22,27). The third-order valence-corrected chi connectivity index (χ3v) is 5.33. The Hall–Kier alpha value is -3.15. The van der Waals surface area contributed by atoms with Crippen LogP contribution in [0.2, 0.25) is 0 Å². The van der Waals surface area contributed by atoms with Gasteiger partial charge < -0.3 is 15.5 Å². The summed E-state index contributed by atoms with van der Waals surface area (Å²) in [7, 11) is 2.02. The molecule has 6 nitrogen and oxygen atoms in total. The lowest BCUT2D eigenvalue weighted by molar-refractivity contribution is 0.190. The van der Waals surface area contributed by atoms with Gasteiger partial charge in [0, 0.05) is 37.9 Å². The van der Waals surface area contributed by atoms with E-state index in [-0.39, 0.29) is 6.03 Å². The number of benzene rings is 2. The second kappa shape index (κ2) is 7.23. The molecule has 27 heavy (non-hydrogen) atoms. The fourth-order valence-electron chi connectivity index (χ4n) is 3.66. The second-order valence-corrected chi connectivity index (χ2v) is 6.97. The van der Waals surface area contributed by atoms with E-state index in [2.05, 4.69) is 40.2 Å². The third kappa shape index (κ3) is 3.56. The molecule has 1 aromatic heterocycles. The van der Waals surface area contributed by atoms with Crippen LogP contribution < -0.4 is 10.6 Å². The molecule has 1 aliphatic rings. The number of hydrogen-bond donors (Lipinski definition) is 1. The minimum Gasteiger partial charge on any atom is -0.351 e. The van der Waals surface area contributed by atoms with Crippen LogP contribution in [0.1, 0.15) is 12.8 Å². The van der Waals surface area contributed by atoms with E-state index in [1.807, 2.05) is 31.4 Å². The number of rotatable bonds is 3. The van der Waals surface area contributed by atoms with Gasteiger partial charge in [0.25, 0.3) is 0 Å². The number of carbonyl (C=O) groups is 1. The molecule has 2 heterocycles. The number of primary amides is 1. The van der Waals surface area contributed by atoms with Crippen molar-refractivity contribution in [3.63, 3.8) is 0 Å². The van der Waals surface area contributed by atoms with Crippen LogP contribution in [-0.2, 0) is 0 Å². The molecule has 0 spiro atoms. The van der Waals surface area contributed by atoms with E-state index in [1.54, 1.807) is 4.90 Å². The van der Waals surface area contributed by atoms with E-state index in [9.17, 15) is 4.79 Å². The fraction of sp³-hybridized carbons (Fsp3) is 0.286. The number of hydrogen-bond acceptors (Lipinski definition) is 4. The van der Waals surface area contributed by atoms with Crippen LogP contribution in [-0.4, -0.2) is 47.1 Å². The highest BCUT2D eigenvalue weighted by molar-refractivity contribution is 5.86. The maximum absolute atomic E-state index is 11.3. The topological polar surface area (TPSA) is 75.3 Å². The number of nitrogens with zero attached hydrogens (tertiary/aromatic N) is 4. The molecule has 2 amide bonds. The fourth-order valence-corrected chi connectivity index (χ4v) is 3.66. The average Bonchev–Trinajstić information content (AvgIpc) is 2.73. The summed E-state index contributed by atoms with van der Waals surface area (Å²) in [5, 5.41) is 2.41. The number of carbonyl (C=O) groups excluding carboxylic acids is 1. The van der Waals surface area contributed by atoms with Crippen LogP contribution in [0.15, 0.2) is 54.7 Å². The second-order valence-electron chi connectivity index (χ2n) is 6.97. The summed E-state index contributed by atoms with van der Waals surface area (Å²) in [4.78, 5) is 24.4. The van der Waals surface area contributed by atoms with E-state index in [0.717, 1.165) is 24.1 Å². The van der Waals surface area contributed by atoms with Gasteiger partial charge in [-0.25, -0.2) is 14.8 Å². The molecule has 3 aromatic rings. The van der Waals surface area contributed by atoms with Gasteiger partial charge in [0.15, 0.2) is 0 Å². The third-order valence-electron chi connectivity index (χ3n) is 5.33. The highest BCUT2D eigenvalue weighted by Gasteiger charge is 2.25. The molecule has 4 rings (SSSR count). The molecule has 0 radical (unpaired) electrons. The van der Waals surface area contributed by atoms with E-state index < -0.39 is 0 Å². The molecular formula is C21H23N5O. The van der Waals surface area contributed by atoms with Crippen LogP contribution in [0.3, 0.4) is 0 Å².